The van der Waals surface area contributed by atoms with Gasteiger partial charge in [-0.3, -0.25) is 4.79 Å². The Kier molecular flexibility index (Phi) is 4.08. The van der Waals surface area contributed by atoms with Crippen LogP contribution in [0.5, 0.6) is 0 Å². The number of nitrogens with zero attached hydrogens (tertiary/aromatic N) is 1. The molecular formula is C16H16ClNOS. The van der Waals surface area contributed by atoms with Crippen LogP contribution >= 0.6 is 22.9 Å². The normalized spacial score (nSPS) is 16.4. The maximum absolute atomic E-state index is 12.4. The number of thiophene rings is 1. The van der Waals surface area contributed by atoms with Crippen LogP contribution in [0.2, 0.25) is 5.02 Å². The van der Waals surface area contributed by atoms with Crippen molar-refractivity contribution in [3.63, 3.8) is 0 Å². The Bertz CT molecular complexity index is 571. The Morgan fingerprint density at radius 3 is 2.45 bits per heavy atom. The molecule has 2 heterocycles. The molecule has 0 saturated carbocycles. The number of likely N-dealkylation sites (tertiary alicyclic amines) is 1. The van der Waals surface area contributed by atoms with E-state index in [2.05, 4.69) is 16.8 Å². The average molecular weight is 306 g/mol. The molecule has 2 aromatic rings. The molecule has 1 aromatic carbocycles. The number of piperidine rings is 1. The molecule has 1 aliphatic heterocycles. The van der Waals surface area contributed by atoms with Crippen molar-refractivity contribution in [2.75, 3.05) is 13.1 Å². The summed E-state index contributed by atoms with van der Waals surface area (Å²) in [6.45, 7) is 1.67. The first-order chi connectivity index (χ1) is 9.74. The lowest BCUT2D eigenvalue weighted by atomic mass is 9.91. The van der Waals surface area contributed by atoms with Gasteiger partial charge in [-0.1, -0.05) is 11.6 Å². The van der Waals surface area contributed by atoms with Crippen molar-refractivity contribution < 1.29 is 4.79 Å². The maximum atomic E-state index is 12.4. The summed E-state index contributed by atoms with van der Waals surface area (Å²) in [7, 11) is 0. The highest BCUT2D eigenvalue weighted by Gasteiger charge is 2.24. The van der Waals surface area contributed by atoms with E-state index in [1.807, 2.05) is 4.90 Å². The van der Waals surface area contributed by atoms with Crippen LogP contribution in [0.25, 0.3) is 0 Å². The van der Waals surface area contributed by atoms with E-state index in [0.29, 0.717) is 10.9 Å². The molecular weight excluding hydrogens is 290 g/mol. The smallest absolute Gasteiger partial charge is 0.253 e. The summed E-state index contributed by atoms with van der Waals surface area (Å²) in [6, 6.07) is 9.34. The second kappa shape index (κ2) is 5.98. The summed E-state index contributed by atoms with van der Waals surface area (Å²) in [5.74, 6) is 0.723. The highest BCUT2D eigenvalue weighted by Crippen LogP contribution is 2.30. The van der Waals surface area contributed by atoms with Gasteiger partial charge in [-0.2, -0.15) is 11.3 Å². The number of hydrogen-bond acceptors (Lipinski definition) is 2. The van der Waals surface area contributed by atoms with Crippen LogP contribution in [0.3, 0.4) is 0 Å². The zero-order valence-corrected chi connectivity index (χ0v) is 12.7. The Morgan fingerprint density at radius 1 is 1.15 bits per heavy atom. The molecule has 0 spiro atoms. The number of carbonyl (C=O) groups excluding carboxylic acids is 1. The van der Waals surface area contributed by atoms with Crippen LogP contribution < -0.4 is 0 Å². The van der Waals surface area contributed by atoms with Gasteiger partial charge in [0.2, 0.25) is 0 Å². The zero-order chi connectivity index (χ0) is 13.9. The summed E-state index contributed by atoms with van der Waals surface area (Å²) >= 11 is 7.60. The standard InChI is InChI=1S/C16H16ClNOS/c17-15-3-1-13(2-4-15)16(19)18-8-5-12(6-9-18)14-7-10-20-11-14/h1-4,7,10-12H,5-6,8-9H2. The Morgan fingerprint density at radius 2 is 1.85 bits per heavy atom. The molecule has 20 heavy (non-hydrogen) atoms. The molecule has 2 nitrogen and oxygen atoms in total. The molecule has 0 N–H and O–H groups in total. The summed E-state index contributed by atoms with van der Waals surface area (Å²) in [4.78, 5) is 14.3. The molecule has 104 valence electrons. The van der Waals surface area contributed by atoms with Crippen LogP contribution in [0, 0.1) is 0 Å². The molecule has 0 unspecified atom stereocenters. The molecule has 1 fully saturated rings. The first-order valence-corrected chi connectivity index (χ1v) is 8.13. The van der Waals surface area contributed by atoms with Gasteiger partial charge in [0, 0.05) is 23.7 Å². The Balaban J connectivity index is 1.63. The van der Waals surface area contributed by atoms with Crippen molar-refractivity contribution in [3.8, 4) is 0 Å². The minimum atomic E-state index is 0.116. The van der Waals surface area contributed by atoms with E-state index in [4.69, 9.17) is 11.6 Å². The molecule has 0 atom stereocenters. The zero-order valence-electron chi connectivity index (χ0n) is 11.1. The average Bonchev–Trinajstić information content (AvgIpc) is 3.02. The summed E-state index contributed by atoms with van der Waals surface area (Å²) in [6.07, 6.45) is 2.10. The minimum Gasteiger partial charge on any atom is -0.339 e. The Hall–Kier alpha value is -1.32. The molecule has 3 rings (SSSR count). The lowest BCUT2D eigenvalue weighted by Gasteiger charge is -2.32. The van der Waals surface area contributed by atoms with Gasteiger partial charge in [0.15, 0.2) is 0 Å². The third kappa shape index (κ3) is 2.89. The van der Waals surface area contributed by atoms with Crippen molar-refractivity contribution in [3.05, 3.63) is 57.2 Å². The number of carbonyl (C=O) groups is 1. The van der Waals surface area contributed by atoms with Gasteiger partial charge in [-0.15, -0.1) is 0 Å². The quantitative estimate of drug-likeness (QED) is 0.804. The fourth-order valence-corrected chi connectivity index (χ4v) is 3.57. The number of rotatable bonds is 2. The number of amides is 1. The minimum absolute atomic E-state index is 0.116. The molecule has 4 heteroatoms. The second-order valence-corrected chi connectivity index (χ2v) is 6.35. The van der Waals surface area contributed by atoms with E-state index < -0.39 is 0 Å². The monoisotopic (exact) mass is 305 g/mol. The second-order valence-electron chi connectivity index (χ2n) is 5.13. The largest absolute Gasteiger partial charge is 0.339 e. The van der Waals surface area contributed by atoms with E-state index in [1.165, 1.54) is 5.56 Å². The Labute approximate surface area is 128 Å². The molecule has 1 amide bonds. The van der Waals surface area contributed by atoms with Crippen molar-refractivity contribution in [1.29, 1.82) is 0 Å². The van der Waals surface area contributed by atoms with Gasteiger partial charge in [0.05, 0.1) is 0 Å². The van der Waals surface area contributed by atoms with Gasteiger partial charge in [0.1, 0.15) is 0 Å². The lowest BCUT2D eigenvalue weighted by Crippen LogP contribution is -2.37. The molecule has 1 aromatic heterocycles. The van der Waals surface area contributed by atoms with Crippen molar-refractivity contribution in [1.82, 2.24) is 4.90 Å². The first kappa shape index (κ1) is 13.7. The van der Waals surface area contributed by atoms with Crippen LogP contribution in [-0.2, 0) is 0 Å². The van der Waals surface area contributed by atoms with E-state index in [0.717, 1.165) is 31.5 Å². The maximum Gasteiger partial charge on any atom is 0.253 e. The predicted molar refractivity (Wildman–Crippen MR) is 83.6 cm³/mol. The SMILES string of the molecule is O=C(c1ccc(Cl)cc1)N1CCC(c2ccsc2)CC1. The van der Waals surface area contributed by atoms with Gasteiger partial charge in [-0.05, 0) is 65.4 Å². The van der Waals surface area contributed by atoms with Crippen molar-refractivity contribution in [2.45, 2.75) is 18.8 Å². The number of hydrogen-bond donors (Lipinski definition) is 0. The van der Waals surface area contributed by atoms with Crippen LogP contribution in [0.4, 0.5) is 0 Å². The van der Waals surface area contributed by atoms with Crippen molar-refractivity contribution >= 4 is 28.8 Å². The molecule has 0 aliphatic carbocycles. The van der Waals surface area contributed by atoms with Gasteiger partial charge >= 0.3 is 0 Å². The van der Waals surface area contributed by atoms with Gasteiger partial charge in [0.25, 0.3) is 5.91 Å². The highest BCUT2D eigenvalue weighted by molar-refractivity contribution is 7.07. The van der Waals surface area contributed by atoms with Gasteiger partial charge < -0.3 is 4.90 Å². The summed E-state index contributed by atoms with van der Waals surface area (Å²) < 4.78 is 0. The van der Waals surface area contributed by atoms with Crippen LogP contribution in [0.1, 0.15) is 34.7 Å². The molecule has 0 radical (unpaired) electrons. The first-order valence-electron chi connectivity index (χ1n) is 6.81. The highest BCUT2D eigenvalue weighted by atomic mass is 35.5. The van der Waals surface area contributed by atoms with E-state index >= 15 is 0 Å². The van der Waals surface area contributed by atoms with E-state index in [9.17, 15) is 4.79 Å². The predicted octanol–water partition coefficient (Wildman–Crippen LogP) is 4.42. The lowest BCUT2D eigenvalue weighted by molar-refractivity contribution is 0.0713. The number of halogens is 1. The van der Waals surface area contributed by atoms with Crippen LogP contribution in [-0.4, -0.2) is 23.9 Å². The fourth-order valence-electron chi connectivity index (χ4n) is 2.70. The third-order valence-electron chi connectivity index (χ3n) is 3.89. The van der Waals surface area contributed by atoms with E-state index in [-0.39, 0.29) is 5.91 Å². The topological polar surface area (TPSA) is 20.3 Å². The van der Waals surface area contributed by atoms with Crippen molar-refractivity contribution in [2.24, 2.45) is 0 Å². The molecule has 1 aliphatic rings. The molecule has 0 bridgehead atoms. The van der Waals surface area contributed by atoms with E-state index in [1.54, 1.807) is 35.6 Å². The summed E-state index contributed by atoms with van der Waals surface area (Å²) in [5, 5.41) is 5.01. The van der Waals surface area contributed by atoms with Crippen LogP contribution in [0.15, 0.2) is 41.1 Å². The molecule has 1 saturated heterocycles. The third-order valence-corrected chi connectivity index (χ3v) is 4.84. The number of benzene rings is 1. The fraction of sp³-hybridized carbons (Fsp3) is 0.312. The van der Waals surface area contributed by atoms with Gasteiger partial charge in [-0.25, -0.2) is 0 Å². The summed E-state index contributed by atoms with van der Waals surface area (Å²) in [5.41, 5.74) is 2.15.